The van der Waals surface area contributed by atoms with Crippen molar-refractivity contribution in [2.24, 2.45) is 5.73 Å². The van der Waals surface area contributed by atoms with Crippen molar-refractivity contribution in [1.29, 1.82) is 0 Å². The zero-order valence-electron chi connectivity index (χ0n) is 7.18. The summed E-state index contributed by atoms with van der Waals surface area (Å²) in [5.74, 6) is 0. The van der Waals surface area contributed by atoms with Gasteiger partial charge in [-0.25, -0.2) is 0 Å². The number of halogens is 1. The average Bonchev–Trinajstić information content (AvgIpc) is 2.08. The number of pyridine rings is 1. The maximum Gasteiger partial charge on any atom is 0.0413 e. The van der Waals surface area contributed by atoms with E-state index >= 15 is 0 Å². The van der Waals surface area contributed by atoms with Crippen molar-refractivity contribution < 1.29 is 0 Å². The Morgan fingerprint density at radius 1 is 1.50 bits per heavy atom. The lowest BCUT2D eigenvalue weighted by Gasteiger charge is -2.04. The molecule has 1 heterocycles. The van der Waals surface area contributed by atoms with Crippen LogP contribution in [-0.2, 0) is 6.42 Å². The lowest BCUT2D eigenvalue weighted by atomic mass is 10.1. The standard InChI is InChI=1S/C9H13BrN2/c1-7-8(3-2-4-11)5-12-6-9(7)10/h5-6H,2-4,11H2,1H3. The van der Waals surface area contributed by atoms with Crippen molar-refractivity contribution >= 4 is 15.9 Å². The molecule has 1 aromatic heterocycles. The van der Waals surface area contributed by atoms with E-state index in [4.69, 9.17) is 5.73 Å². The van der Waals surface area contributed by atoms with Crippen LogP contribution in [0.3, 0.4) is 0 Å². The van der Waals surface area contributed by atoms with Crippen LogP contribution in [0.25, 0.3) is 0 Å². The Balaban J connectivity index is 2.78. The van der Waals surface area contributed by atoms with Crippen molar-refractivity contribution in [2.75, 3.05) is 6.54 Å². The van der Waals surface area contributed by atoms with Gasteiger partial charge in [0.05, 0.1) is 0 Å². The van der Waals surface area contributed by atoms with Gasteiger partial charge in [-0.2, -0.15) is 0 Å². The maximum absolute atomic E-state index is 5.43. The van der Waals surface area contributed by atoms with Crippen LogP contribution in [0.1, 0.15) is 17.5 Å². The number of hydrogen-bond acceptors (Lipinski definition) is 2. The highest BCUT2D eigenvalue weighted by atomic mass is 79.9. The maximum atomic E-state index is 5.43. The molecule has 0 saturated heterocycles. The monoisotopic (exact) mass is 228 g/mol. The van der Waals surface area contributed by atoms with Crippen LogP contribution in [0.4, 0.5) is 0 Å². The second kappa shape index (κ2) is 4.58. The highest BCUT2D eigenvalue weighted by molar-refractivity contribution is 9.10. The quantitative estimate of drug-likeness (QED) is 0.861. The van der Waals surface area contributed by atoms with Gasteiger partial charge < -0.3 is 5.73 Å². The summed E-state index contributed by atoms with van der Waals surface area (Å²) >= 11 is 3.44. The predicted molar refractivity (Wildman–Crippen MR) is 54.0 cm³/mol. The van der Waals surface area contributed by atoms with Crippen molar-refractivity contribution in [1.82, 2.24) is 4.98 Å². The highest BCUT2D eigenvalue weighted by Crippen LogP contribution is 2.18. The van der Waals surface area contributed by atoms with Gasteiger partial charge in [0.15, 0.2) is 0 Å². The largest absolute Gasteiger partial charge is 0.330 e. The van der Waals surface area contributed by atoms with Gasteiger partial charge in [-0.1, -0.05) is 0 Å². The van der Waals surface area contributed by atoms with Crippen molar-refractivity contribution in [2.45, 2.75) is 19.8 Å². The van der Waals surface area contributed by atoms with E-state index in [2.05, 4.69) is 27.8 Å². The molecule has 0 aliphatic heterocycles. The highest BCUT2D eigenvalue weighted by Gasteiger charge is 2.00. The van der Waals surface area contributed by atoms with Gasteiger partial charge in [0.2, 0.25) is 0 Å². The third-order valence-corrected chi connectivity index (χ3v) is 2.71. The smallest absolute Gasteiger partial charge is 0.0413 e. The first-order chi connectivity index (χ1) is 5.75. The van der Waals surface area contributed by atoms with Gasteiger partial charge in [-0.3, -0.25) is 4.98 Å². The zero-order chi connectivity index (χ0) is 8.97. The number of nitrogens with two attached hydrogens (primary N) is 1. The normalized spacial score (nSPS) is 10.2. The van der Waals surface area contributed by atoms with Gasteiger partial charge in [0, 0.05) is 16.9 Å². The molecule has 1 rings (SSSR count). The van der Waals surface area contributed by atoms with Gasteiger partial charge in [-0.05, 0) is 53.4 Å². The predicted octanol–water partition coefficient (Wildman–Crippen LogP) is 2.04. The van der Waals surface area contributed by atoms with E-state index in [1.165, 1.54) is 11.1 Å². The Bertz CT molecular complexity index is 261. The van der Waals surface area contributed by atoms with E-state index in [1.54, 1.807) is 0 Å². The molecule has 0 fully saturated rings. The Hall–Kier alpha value is -0.410. The molecule has 0 aliphatic rings. The lowest BCUT2D eigenvalue weighted by molar-refractivity contribution is 0.822. The summed E-state index contributed by atoms with van der Waals surface area (Å²) in [7, 11) is 0. The molecule has 0 aliphatic carbocycles. The summed E-state index contributed by atoms with van der Waals surface area (Å²) in [6.07, 6.45) is 5.78. The van der Waals surface area contributed by atoms with Crippen LogP contribution in [0.2, 0.25) is 0 Å². The molecule has 0 atom stereocenters. The summed E-state index contributed by atoms with van der Waals surface area (Å²) in [5, 5.41) is 0. The minimum absolute atomic E-state index is 0.742. The third kappa shape index (κ3) is 2.29. The van der Waals surface area contributed by atoms with E-state index < -0.39 is 0 Å². The fourth-order valence-corrected chi connectivity index (χ4v) is 1.46. The summed E-state index contributed by atoms with van der Waals surface area (Å²) in [6.45, 7) is 2.84. The van der Waals surface area contributed by atoms with Crippen LogP contribution in [-0.4, -0.2) is 11.5 Å². The van der Waals surface area contributed by atoms with Crippen molar-refractivity contribution in [3.63, 3.8) is 0 Å². The minimum Gasteiger partial charge on any atom is -0.330 e. The van der Waals surface area contributed by atoms with Gasteiger partial charge in [0.1, 0.15) is 0 Å². The van der Waals surface area contributed by atoms with Gasteiger partial charge in [-0.15, -0.1) is 0 Å². The lowest BCUT2D eigenvalue weighted by Crippen LogP contribution is -2.01. The molecule has 0 saturated carbocycles. The van der Waals surface area contributed by atoms with E-state index in [1.807, 2.05) is 12.4 Å². The molecule has 1 aromatic rings. The SMILES string of the molecule is Cc1c(Br)cncc1CCCN. The van der Waals surface area contributed by atoms with E-state index in [0.717, 1.165) is 23.9 Å². The van der Waals surface area contributed by atoms with Crippen LogP contribution >= 0.6 is 15.9 Å². The van der Waals surface area contributed by atoms with Crippen LogP contribution < -0.4 is 5.73 Å². The molecule has 66 valence electrons. The number of aromatic nitrogens is 1. The van der Waals surface area contributed by atoms with E-state index in [0.29, 0.717) is 0 Å². The minimum atomic E-state index is 0.742. The second-order valence-electron chi connectivity index (χ2n) is 2.80. The third-order valence-electron chi connectivity index (χ3n) is 1.91. The Kier molecular flexibility index (Phi) is 3.69. The van der Waals surface area contributed by atoms with Gasteiger partial charge >= 0.3 is 0 Å². The van der Waals surface area contributed by atoms with Crippen molar-refractivity contribution in [3.05, 3.63) is 28.0 Å². The molecule has 0 radical (unpaired) electrons. The molecule has 2 N–H and O–H groups in total. The fraction of sp³-hybridized carbons (Fsp3) is 0.444. The van der Waals surface area contributed by atoms with Crippen LogP contribution in [0.5, 0.6) is 0 Å². The summed E-state index contributed by atoms with van der Waals surface area (Å²) in [4.78, 5) is 4.11. The summed E-state index contributed by atoms with van der Waals surface area (Å²) in [5.41, 5.74) is 8.00. The molecule has 3 heteroatoms. The number of rotatable bonds is 3. The first-order valence-electron chi connectivity index (χ1n) is 4.04. The fourth-order valence-electron chi connectivity index (χ4n) is 1.08. The van der Waals surface area contributed by atoms with Crippen molar-refractivity contribution in [3.8, 4) is 0 Å². The number of nitrogens with zero attached hydrogens (tertiary/aromatic N) is 1. The zero-order valence-corrected chi connectivity index (χ0v) is 8.76. The molecule has 0 aromatic carbocycles. The first-order valence-corrected chi connectivity index (χ1v) is 4.84. The second-order valence-corrected chi connectivity index (χ2v) is 3.65. The molecular formula is C9H13BrN2. The van der Waals surface area contributed by atoms with E-state index in [9.17, 15) is 0 Å². The molecule has 12 heavy (non-hydrogen) atoms. The molecule has 0 spiro atoms. The first kappa shape index (κ1) is 9.68. The van der Waals surface area contributed by atoms with Crippen LogP contribution in [0.15, 0.2) is 16.9 Å². The molecule has 0 unspecified atom stereocenters. The molecular weight excluding hydrogens is 216 g/mol. The summed E-state index contributed by atoms with van der Waals surface area (Å²) < 4.78 is 1.08. The summed E-state index contributed by atoms with van der Waals surface area (Å²) in [6, 6.07) is 0. The Labute approximate surface area is 81.3 Å². The number of hydrogen-bond donors (Lipinski definition) is 1. The average molecular weight is 229 g/mol. The van der Waals surface area contributed by atoms with Crippen LogP contribution in [0, 0.1) is 6.92 Å². The number of aryl methyl sites for hydroxylation is 1. The Morgan fingerprint density at radius 3 is 2.92 bits per heavy atom. The van der Waals surface area contributed by atoms with E-state index in [-0.39, 0.29) is 0 Å². The Morgan fingerprint density at radius 2 is 2.25 bits per heavy atom. The van der Waals surface area contributed by atoms with Gasteiger partial charge in [0.25, 0.3) is 0 Å². The topological polar surface area (TPSA) is 38.9 Å². The molecule has 0 bridgehead atoms. The molecule has 2 nitrogen and oxygen atoms in total. The molecule has 0 amide bonds.